The molecule has 102 valence electrons. The molecule has 0 aromatic heterocycles. The maximum absolute atomic E-state index is 13.5. The second-order valence-electron chi connectivity index (χ2n) is 3.82. The first-order valence-electron chi connectivity index (χ1n) is 5.08. The van der Waals surface area contributed by atoms with Crippen LogP contribution in [0, 0.1) is 11.6 Å². The Labute approximate surface area is 107 Å². The van der Waals surface area contributed by atoms with Crippen LogP contribution in [0.5, 0.6) is 0 Å². The lowest BCUT2D eigenvalue weighted by Crippen LogP contribution is -2.53. The molecule has 1 aliphatic rings. The number of amides is 2. The van der Waals surface area contributed by atoms with E-state index in [2.05, 4.69) is 0 Å². The lowest BCUT2D eigenvalue weighted by molar-refractivity contribution is -0.134. The Morgan fingerprint density at radius 3 is 2.26 bits per heavy atom. The molecular weight excluding hydrogens is 282 g/mol. The Hall–Kier alpha value is -1.87. The second-order valence-corrected chi connectivity index (χ2v) is 5.73. The van der Waals surface area contributed by atoms with Crippen molar-refractivity contribution in [2.45, 2.75) is 4.90 Å². The largest absolute Gasteiger partial charge is 0.294 e. The molecule has 0 unspecified atom stereocenters. The normalized spacial score (nSPS) is 17.4. The van der Waals surface area contributed by atoms with Crippen molar-refractivity contribution in [3.8, 4) is 0 Å². The topological polar surface area (TPSA) is 83.6 Å². The fourth-order valence-corrected chi connectivity index (χ4v) is 3.02. The third-order valence-electron chi connectivity index (χ3n) is 2.43. The highest BCUT2D eigenvalue weighted by atomic mass is 32.2. The van der Waals surface area contributed by atoms with Gasteiger partial charge in [0.25, 0.3) is 0 Å². The van der Waals surface area contributed by atoms with Crippen LogP contribution in [0.15, 0.2) is 23.1 Å². The van der Waals surface area contributed by atoms with Gasteiger partial charge in [0.1, 0.15) is 16.5 Å². The predicted octanol–water partition coefficient (Wildman–Crippen LogP) is -0.388. The number of carbonyl (C=O) groups is 2. The van der Waals surface area contributed by atoms with E-state index in [1.807, 2.05) is 5.32 Å². The molecule has 1 aliphatic heterocycles. The zero-order valence-corrected chi connectivity index (χ0v) is 10.2. The van der Waals surface area contributed by atoms with Gasteiger partial charge in [-0.3, -0.25) is 14.9 Å². The summed E-state index contributed by atoms with van der Waals surface area (Å²) in [5.74, 6) is -3.74. The molecule has 2 rings (SSSR count). The molecule has 0 spiro atoms. The maximum Gasteiger partial charge on any atom is 0.247 e. The zero-order chi connectivity index (χ0) is 14.2. The molecule has 0 saturated carbocycles. The van der Waals surface area contributed by atoms with Gasteiger partial charge in [0.05, 0.1) is 13.1 Å². The summed E-state index contributed by atoms with van der Waals surface area (Å²) in [4.78, 5) is 21.3. The molecule has 19 heavy (non-hydrogen) atoms. The number of hydrogen-bond acceptors (Lipinski definition) is 4. The molecule has 6 nitrogen and oxygen atoms in total. The van der Waals surface area contributed by atoms with Crippen LogP contribution in [0.25, 0.3) is 0 Å². The first-order chi connectivity index (χ1) is 8.80. The van der Waals surface area contributed by atoms with Crippen molar-refractivity contribution in [3.05, 3.63) is 29.8 Å². The van der Waals surface area contributed by atoms with Crippen LogP contribution in [0.2, 0.25) is 0 Å². The van der Waals surface area contributed by atoms with Gasteiger partial charge in [-0.1, -0.05) is 0 Å². The third-order valence-corrected chi connectivity index (χ3v) is 4.24. The molecule has 1 aromatic rings. The highest BCUT2D eigenvalue weighted by Gasteiger charge is 2.34. The van der Waals surface area contributed by atoms with Crippen LogP contribution in [0.1, 0.15) is 0 Å². The molecule has 2 amide bonds. The van der Waals surface area contributed by atoms with E-state index in [4.69, 9.17) is 0 Å². The van der Waals surface area contributed by atoms with E-state index in [9.17, 15) is 26.8 Å². The van der Waals surface area contributed by atoms with E-state index in [0.29, 0.717) is 16.4 Å². The molecular formula is C10H8F2N2O4S. The van der Waals surface area contributed by atoms with Gasteiger partial charge >= 0.3 is 0 Å². The number of rotatable bonds is 2. The number of imide groups is 1. The minimum Gasteiger partial charge on any atom is -0.294 e. The Morgan fingerprint density at radius 2 is 1.68 bits per heavy atom. The summed E-state index contributed by atoms with van der Waals surface area (Å²) in [6, 6.07) is 1.93. The standard InChI is InChI=1S/C10H8F2N2O4S/c11-6-1-2-7(12)8(3-6)19(17,18)14-4-9(15)13-10(16)5-14/h1-3H,4-5H2,(H,13,15,16). The zero-order valence-electron chi connectivity index (χ0n) is 9.39. The van der Waals surface area contributed by atoms with E-state index in [1.54, 1.807) is 0 Å². The summed E-state index contributed by atoms with van der Waals surface area (Å²) in [6.45, 7) is -1.24. The van der Waals surface area contributed by atoms with Gasteiger partial charge in [-0.2, -0.15) is 4.31 Å². The van der Waals surface area contributed by atoms with Crippen LogP contribution in [-0.2, 0) is 19.6 Å². The molecule has 1 heterocycles. The molecule has 1 fully saturated rings. The summed E-state index contributed by atoms with van der Waals surface area (Å²) in [5, 5.41) is 1.91. The average Bonchev–Trinajstić information content (AvgIpc) is 2.31. The number of nitrogens with one attached hydrogen (secondary N) is 1. The molecule has 0 bridgehead atoms. The van der Waals surface area contributed by atoms with Crippen LogP contribution in [0.4, 0.5) is 8.78 Å². The fourth-order valence-electron chi connectivity index (χ4n) is 1.59. The van der Waals surface area contributed by atoms with Gasteiger partial charge in [-0.25, -0.2) is 17.2 Å². The lowest BCUT2D eigenvalue weighted by atomic mass is 10.3. The van der Waals surface area contributed by atoms with E-state index in [0.717, 1.165) is 6.07 Å². The van der Waals surface area contributed by atoms with Gasteiger partial charge in [0.2, 0.25) is 21.8 Å². The monoisotopic (exact) mass is 290 g/mol. The van der Waals surface area contributed by atoms with Gasteiger partial charge in [0.15, 0.2) is 0 Å². The highest BCUT2D eigenvalue weighted by Crippen LogP contribution is 2.20. The number of carbonyl (C=O) groups excluding carboxylic acids is 2. The Balaban J connectivity index is 2.44. The second kappa shape index (κ2) is 4.67. The average molecular weight is 290 g/mol. The van der Waals surface area contributed by atoms with Gasteiger partial charge < -0.3 is 0 Å². The van der Waals surface area contributed by atoms with Crippen molar-refractivity contribution in [1.29, 1.82) is 0 Å². The Kier molecular flexibility index (Phi) is 3.33. The predicted molar refractivity (Wildman–Crippen MR) is 58.3 cm³/mol. The van der Waals surface area contributed by atoms with Crippen LogP contribution in [-0.4, -0.2) is 37.6 Å². The molecule has 1 N–H and O–H groups in total. The van der Waals surface area contributed by atoms with E-state index in [1.165, 1.54) is 0 Å². The van der Waals surface area contributed by atoms with E-state index >= 15 is 0 Å². The van der Waals surface area contributed by atoms with Gasteiger partial charge in [-0.15, -0.1) is 0 Å². The number of nitrogens with zero attached hydrogens (tertiary/aromatic N) is 1. The molecule has 9 heteroatoms. The summed E-state index contributed by atoms with van der Waals surface area (Å²) in [5.41, 5.74) is 0. The smallest absolute Gasteiger partial charge is 0.247 e. The first kappa shape index (κ1) is 13.6. The Morgan fingerprint density at radius 1 is 1.11 bits per heavy atom. The van der Waals surface area contributed by atoms with Crippen LogP contribution in [0.3, 0.4) is 0 Å². The number of benzene rings is 1. The van der Waals surface area contributed by atoms with Gasteiger partial charge in [0, 0.05) is 0 Å². The number of piperazine rings is 1. The van der Waals surface area contributed by atoms with Gasteiger partial charge in [-0.05, 0) is 18.2 Å². The summed E-state index contributed by atoms with van der Waals surface area (Å²) < 4.78 is 51.0. The fraction of sp³-hybridized carbons (Fsp3) is 0.200. The van der Waals surface area contributed by atoms with Crippen molar-refractivity contribution in [2.75, 3.05) is 13.1 Å². The van der Waals surface area contributed by atoms with Crippen molar-refractivity contribution in [1.82, 2.24) is 9.62 Å². The van der Waals surface area contributed by atoms with Crippen LogP contribution < -0.4 is 5.32 Å². The minimum absolute atomic E-state index is 0.492. The minimum atomic E-state index is -4.44. The molecule has 1 saturated heterocycles. The quantitative estimate of drug-likeness (QED) is 0.752. The molecule has 1 aromatic carbocycles. The number of halogens is 2. The first-order valence-corrected chi connectivity index (χ1v) is 6.52. The van der Waals surface area contributed by atoms with E-state index < -0.39 is 51.5 Å². The van der Waals surface area contributed by atoms with Crippen molar-refractivity contribution >= 4 is 21.8 Å². The molecule has 0 atom stereocenters. The van der Waals surface area contributed by atoms with Crippen LogP contribution >= 0.6 is 0 Å². The van der Waals surface area contributed by atoms with Crippen molar-refractivity contribution in [3.63, 3.8) is 0 Å². The number of hydrogen-bond donors (Lipinski definition) is 1. The summed E-state index contributed by atoms with van der Waals surface area (Å²) >= 11 is 0. The number of sulfonamides is 1. The summed E-state index contributed by atoms with van der Waals surface area (Å²) in [6.07, 6.45) is 0. The van der Waals surface area contributed by atoms with Crippen molar-refractivity contribution in [2.24, 2.45) is 0 Å². The highest BCUT2D eigenvalue weighted by molar-refractivity contribution is 7.89. The third kappa shape index (κ3) is 2.61. The SMILES string of the molecule is O=C1CN(S(=O)(=O)c2cc(F)ccc2F)CC(=O)N1. The summed E-state index contributed by atoms with van der Waals surface area (Å²) in [7, 11) is -4.44. The Bertz CT molecular complexity index is 643. The van der Waals surface area contributed by atoms with Crippen molar-refractivity contribution < 1.29 is 26.8 Å². The molecule has 0 radical (unpaired) electrons. The lowest BCUT2D eigenvalue weighted by Gasteiger charge is -2.24. The van der Waals surface area contributed by atoms with E-state index in [-0.39, 0.29) is 0 Å². The maximum atomic E-state index is 13.5. The molecule has 0 aliphatic carbocycles.